The second-order valence-corrected chi connectivity index (χ2v) is 5.45. The van der Waals surface area contributed by atoms with E-state index < -0.39 is 0 Å². The molecule has 4 nitrogen and oxygen atoms in total. The Labute approximate surface area is 122 Å². The number of thioether (sulfide) groups is 1. The van der Waals surface area contributed by atoms with Gasteiger partial charge in [0.1, 0.15) is 11.1 Å². The minimum absolute atomic E-state index is 0.0562. The molecule has 0 aromatic carbocycles. The maximum atomic E-state index is 11.8. The van der Waals surface area contributed by atoms with Gasteiger partial charge in [0, 0.05) is 19.8 Å². The summed E-state index contributed by atoms with van der Waals surface area (Å²) in [5.41, 5.74) is 0.417. The summed E-state index contributed by atoms with van der Waals surface area (Å²) in [6.07, 6.45) is 3.52. The largest absolute Gasteiger partial charge is 0.345 e. The molecule has 102 valence electrons. The number of hydrogen-bond acceptors (Lipinski definition) is 4. The van der Waals surface area contributed by atoms with Crippen LogP contribution >= 0.6 is 23.4 Å². The van der Waals surface area contributed by atoms with Crippen LogP contribution in [0.25, 0.3) is 0 Å². The van der Waals surface area contributed by atoms with Crippen LogP contribution in [0.4, 0.5) is 0 Å². The fourth-order valence-corrected chi connectivity index (χ4v) is 2.49. The van der Waals surface area contributed by atoms with E-state index in [4.69, 9.17) is 16.9 Å². The zero-order valence-electron chi connectivity index (χ0n) is 11.0. The van der Waals surface area contributed by atoms with E-state index in [9.17, 15) is 4.79 Å². The summed E-state index contributed by atoms with van der Waals surface area (Å²) in [6.45, 7) is 2.86. The maximum absolute atomic E-state index is 11.8. The van der Waals surface area contributed by atoms with E-state index in [0.29, 0.717) is 21.4 Å². The van der Waals surface area contributed by atoms with Crippen molar-refractivity contribution in [3.05, 3.63) is 22.8 Å². The van der Waals surface area contributed by atoms with Gasteiger partial charge in [-0.3, -0.25) is 4.79 Å². The first-order chi connectivity index (χ1) is 9.08. The number of hydrogen-bond donors (Lipinski definition) is 0. The van der Waals surface area contributed by atoms with Crippen molar-refractivity contribution in [2.45, 2.75) is 24.8 Å². The van der Waals surface area contributed by atoms with E-state index in [0.717, 1.165) is 19.4 Å². The minimum Gasteiger partial charge on any atom is -0.345 e. The monoisotopic (exact) mass is 297 g/mol. The SMILES string of the molecule is CCCCN(C)C(=O)CSc1ncc(C#N)cc1Cl. The molecule has 0 fully saturated rings. The van der Waals surface area contributed by atoms with E-state index in [1.165, 1.54) is 18.0 Å². The minimum atomic E-state index is 0.0562. The molecule has 0 saturated heterocycles. The van der Waals surface area contributed by atoms with Gasteiger partial charge in [0.2, 0.25) is 5.91 Å². The molecule has 6 heteroatoms. The van der Waals surface area contributed by atoms with Gasteiger partial charge in [0.15, 0.2) is 0 Å². The number of amides is 1. The van der Waals surface area contributed by atoms with Gasteiger partial charge < -0.3 is 4.90 Å². The average molecular weight is 298 g/mol. The predicted octanol–water partition coefficient (Wildman–Crippen LogP) is 2.96. The average Bonchev–Trinajstić information content (AvgIpc) is 2.42. The molecule has 0 spiro atoms. The summed E-state index contributed by atoms with van der Waals surface area (Å²) in [5, 5.41) is 9.70. The highest BCUT2D eigenvalue weighted by atomic mass is 35.5. The van der Waals surface area contributed by atoms with Crippen molar-refractivity contribution in [3.8, 4) is 6.07 Å². The molecule has 0 unspecified atom stereocenters. The van der Waals surface area contributed by atoms with Gasteiger partial charge in [-0.05, 0) is 12.5 Å². The van der Waals surface area contributed by atoms with Crippen LogP contribution in [0, 0.1) is 11.3 Å². The Kier molecular flexibility index (Phi) is 6.68. The first kappa shape index (κ1) is 15.8. The quantitative estimate of drug-likeness (QED) is 0.758. The third-order valence-electron chi connectivity index (χ3n) is 2.54. The molecule has 0 N–H and O–H groups in total. The van der Waals surface area contributed by atoms with Crippen LogP contribution in [-0.4, -0.2) is 35.1 Å². The van der Waals surface area contributed by atoms with Gasteiger partial charge in [0.25, 0.3) is 0 Å². The lowest BCUT2D eigenvalue weighted by atomic mass is 10.3. The molecule has 1 aromatic heterocycles. The Hall–Kier alpha value is -1.25. The normalized spacial score (nSPS) is 10.0. The highest BCUT2D eigenvalue weighted by Crippen LogP contribution is 2.25. The van der Waals surface area contributed by atoms with E-state index in [1.807, 2.05) is 6.07 Å². The molecule has 19 heavy (non-hydrogen) atoms. The van der Waals surface area contributed by atoms with Crippen molar-refractivity contribution in [1.29, 1.82) is 5.26 Å². The first-order valence-electron chi connectivity index (χ1n) is 6.01. The molecule has 1 rings (SSSR count). The number of pyridine rings is 1. The second-order valence-electron chi connectivity index (χ2n) is 4.08. The molecule has 0 aliphatic rings. The predicted molar refractivity (Wildman–Crippen MR) is 77.2 cm³/mol. The van der Waals surface area contributed by atoms with Crippen molar-refractivity contribution < 1.29 is 4.79 Å². The van der Waals surface area contributed by atoms with E-state index in [2.05, 4.69) is 11.9 Å². The number of carbonyl (C=O) groups excluding carboxylic acids is 1. The number of unbranched alkanes of at least 4 members (excludes halogenated alkanes) is 1. The maximum Gasteiger partial charge on any atom is 0.232 e. The van der Waals surface area contributed by atoms with Gasteiger partial charge in [-0.2, -0.15) is 5.26 Å². The van der Waals surface area contributed by atoms with Crippen molar-refractivity contribution in [2.24, 2.45) is 0 Å². The summed E-state index contributed by atoms with van der Waals surface area (Å²) in [4.78, 5) is 17.6. The molecule has 0 bridgehead atoms. The van der Waals surface area contributed by atoms with Gasteiger partial charge in [-0.1, -0.05) is 36.7 Å². The van der Waals surface area contributed by atoms with Gasteiger partial charge in [0.05, 0.1) is 16.3 Å². The molecular formula is C13H16ClN3OS. The zero-order chi connectivity index (χ0) is 14.3. The molecular weight excluding hydrogens is 282 g/mol. The smallest absolute Gasteiger partial charge is 0.232 e. The van der Waals surface area contributed by atoms with E-state index in [1.54, 1.807) is 18.0 Å². The number of rotatable bonds is 6. The van der Waals surface area contributed by atoms with Crippen LogP contribution in [0.5, 0.6) is 0 Å². The topological polar surface area (TPSA) is 57.0 Å². The fourth-order valence-electron chi connectivity index (χ4n) is 1.35. The van der Waals surface area contributed by atoms with Crippen LogP contribution in [-0.2, 0) is 4.79 Å². The highest BCUT2D eigenvalue weighted by molar-refractivity contribution is 8.00. The second kappa shape index (κ2) is 8.03. The summed E-state index contributed by atoms with van der Waals surface area (Å²) >= 11 is 7.29. The number of halogens is 1. The molecule has 0 aliphatic heterocycles. The van der Waals surface area contributed by atoms with Crippen molar-refractivity contribution in [1.82, 2.24) is 9.88 Å². The van der Waals surface area contributed by atoms with E-state index >= 15 is 0 Å². The van der Waals surface area contributed by atoms with Crippen LogP contribution in [0.3, 0.4) is 0 Å². The van der Waals surface area contributed by atoms with Crippen LogP contribution in [0.2, 0.25) is 5.02 Å². The highest BCUT2D eigenvalue weighted by Gasteiger charge is 2.11. The lowest BCUT2D eigenvalue weighted by molar-refractivity contribution is -0.127. The lowest BCUT2D eigenvalue weighted by Gasteiger charge is -2.16. The molecule has 0 radical (unpaired) electrons. The number of nitrogens with zero attached hydrogens (tertiary/aromatic N) is 3. The Morgan fingerprint density at radius 2 is 2.37 bits per heavy atom. The number of aromatic nitrogens is 1. The Morgan fingerprint density at radius 1 is 1.63 bits per heavy atom. The fraction of sp³-hybridized carbons (Fsp3) is 0.462. The van der Waals surface area contributed by atoms with Gasteiger partial charge in [-0.25, -0.2) is 4.98 Å². The third-order valence-corrected chi connectivity index (χ3v) is 3.93. The van der Waals surface area contributed by atoms with Crippen LogP contribution in [0.15, 0.2) is 17.3 Å². The molecule has 0 atom stereocenters. The molecule has 0 saturated carbocycles. The molecule has 0 aliphatic carbocycles. The number of carbonyl (C=O) groups is 1. The van der Waals surface area contributed by atoms with Crippen molar-refractivity contribution in [2.75, 3.05) is 19.3 Å². The van der Waals surface area contributed by atoms with Crippen molar-refractivity contribution >= 4 is 29.3 Å². The van der Waals surface area contributed by atoms with Crippen molar-refractivity contribution in [3.63, 3.8) is 0 Å². The Morgan fingerprint density at radius 3 is 2.95 bits per heavy atom. The Bertz CT molecular complexity index is 487. The molecule has 1 amide bonds. The summed E-state index contributed by atoms with van der Waals surface area (Å²) in [7, 11) is 1.80. The molecule has 1 aromatic rings. The standard InChI is InChI=1S/C13H16ClN3OS/c1-3-4-5-17(2)12(18)9-19-13-11(14)6-10(7-15)8-16-13/h6,8H,3-5,9H2,1-2H3. The zero-order valence-corrected chi connectivity index (χ0v) is 12.6. The third kappa shape index (κ3) is 5.09. The van der Waals surface area contributed by atoms with Crippen LogP contribution < -0.4 is 0 Å². The number of nitriles is 1. The van der Waals surface area contributed by atoms with E-state index in [-0.39, 0.29) is 5.91 Å². The summed E-state index contributed by atoms with van der Waals surface area (Å²) in [6, 6.07) is 3.53. The van der Waals surface area contributed by atoms with Gasteiger partial charge >= 0.3 is 0 Å². The first-order valence-corrected chi connectivity index (χ1v) is 7.37. The Balaban J connectivity index is 2.53. The van der Waals surface area contributed by atoms with Crippen LogP contribution in [0.1, 0.15) is 25.3 Å². The van der Waals surface area contributed by atoms with Gasteiger partial charge in [-0.15, -0.1) is 0 Å². The summed E-state index contributed by atoms with van der Waals surface area (Å²) in [5.74, 6) is 0.361. The molecule has 1 heterocycles. The lowest BCUT2D eigenvalue weighted by Crippen LogP contribution is -2.29. The summed E-state index contributed by atoms with van der Waals surface area (Å²) < 4.78 is 0.